The molecular weight excluding hydrogens is 634 g/mol. The smallest absolute Gasteiger partial charge is 0.258 e. The highest BCUT2D eigenvalue weighted by atomic mass is 16.5. The quantitative estimate of drug-likeness (QED) is 0.218. The fraction of sp³-hybridized carbons (Fsp3) is 0.351. The molecule has 5 heterocycles. The van der Waals surface area contributed by atoms with Crippen molar-refractivity contribution in [1.29, 1.82) is 0 Å². The number of rotatable bonds is 10. The second kappa shape index (κ2) is 13.8. The van der Waals surface area contributed by atoms with Crippen LogP contribution in [0.2, 0.25) is 0 Å². The van der Waals surface area contributed by atoms with E-state index in [0.717, 1.165) is 39.7 Å². The van der Waals surface area contributed by atoms with Crippen molar-refractivity contribution in [3.05, 3.63) is 78.8 Å². The number of anilines is 1. The Morgan fingerprint density at radius 1 is 1.02 bits per heavy atom. The molecule has 3 aromatic heterocycles. The Labute approximate surface area is 290 Å². The third kappa shape index (κ3) is 6.87. The molecule has 13 nitrogen and oxygen atoms in total. The van der Waals surface area contributed by atoms with E-state index in [1.165, 1.54) is 5.57 Å². The predicted octanol–water partition coefficient (Wildman–Crippen LogP) is 4.55. The second-order valence-electron chi connectivity index (χ2n) is 13.1. The lowest BCUT2D eigenvalue weighted by Crippen LogP contribution is -2.48. The maximum absolute atomic E-state index is 13.7. The zero-order valence-electron chi connectivity index (χ0n) is 28.7. The number of nitrogens with zero attached hydrogens (tertiary/aromatic N) is 7. The molecule has 1 saturated heterocycles. The van der Waals surface area contributed by atoms with E-state index in [9.17, 15) is 9.59 Å². The Bertz CT molecular complexity index is 2030. The van der Waals surface area contributed by atoms with Crippen LogP contribution in [0.1, 0.15) is 32.3 Å². The SMILES string of the molecule is COC1(C(=O)Nc2ccc3[nH]nc(-c4ccc(OC(C)C)nc4)c3c2)CCN(CC(=O)N2CC=C(c3ccc(-c4ncn(C)n4)cc3)CC2)C1. The van der Waals surface area contributed by atoms with Crippen molar-refractivity contribution in [2.24, 2.45) is 7.05 Å². The minimum Gasteiger partial charge on any atom is -0.475 e. The van der Waals surface area contributed by atoms with Gasteiger partial charge in [0.05, 0.1) is 18.2 Å². The van der Waals surface area contributed by atoms with E-state index >= 15 is 0 Å². The highest BCUT2D eigenvalue weighted by Crippen LogP contribution is 2.32. The first kappa shape index (κ1) is 33.1. The number of hydrogen-bond acceptors (Lipinski definition) is 9. The average Bonchev–Trinajstić information content (AvgIpc) is 3.87. The monoisotopic (exact) mass is 675 g/mol. The fourth-order valence-electron chi connectivity index (χ4n) is 6.58. The summed E-state index contributed by atoms with van der Waals surface area (Å²) in [5.41, 5.74) is 5.27. The third-order valence-corrected chi connectivity index (χ3v) is 9.34. The lowest BCUT2D eigenvalue weighted by atomic mass is 9.98. The highest BCUT2D eigenvalue weighted by Gasteiger charge is 2.45. The molecule has 2 aliphatic heterocycles. The van der Waals surface area contributed by atoms with Crippen LogP contribution < -0.4 is 10.1 Å². The molecule has 258 valence electrons. The largest absolute Gasteiger partial charge is 0.475 e. The summed E-state index contributed by atoms with van der Waals surface area (Å²) >= 11 is 0. The van der Waals surface area contributed by atoms with E-state index in [0.29, 0.717) is 50.0 Å². The molecule has 0 saturated carbocycles. The van der Waals surface area contributed by atoms with Crippen LogP contribution in [0.3, 0.4) is 0 Å². The molecule has 50 heavy (non-hydrogen) atoms. The van der Waals surface area contributed by atoms with Crippen molar-refractivity contribution in [3.63, 3.8) is 0 Å². The zero-order chi connectivity index (χ0) is 34.8. The van der Waals surface area contributed by atoms with Gasteiger partial charge in [-0.25, -0.2) is 9.97 Å². The van der Waals surface area contributed by atoms with Crippen molar-refractivity contribution in [3.8, 4) is 28.5 Å². The summed E-state index contributed by atoms with van der Waals surface area (Å²) in [5.74, 6) is 1.05. The number of fused-ring (bicyclic) bond motifs is 1. The van der Waals surface area contributed by atoms with Gasteiger partial charge in [-0.05, 0) is 62.1 Å². The molecule has 0 spiro atoms. The first-order valence-corrected chi connectivity index (χ1v) is 16.8. The lowest BCUT2D eigenvalue weighted by Gasteiger charge is -2.30. The van der Waals surface area contributed by atoms with E-state index in [1.54, 1.807) is 24.3 Å². The van der Waals surface area contributed by atoms with Crippen LogP contribution in [-0.2, 0) is 21.4 Å². The number of benzene rings is 2. The number of methoxy groups -OCH3 is 1. The number of aromatic amines is 1. The van der Waals surface area contributed by atoms with Crippen molar-refractivity contribution in [2.45, 2.75) is 38.4 Å². The van der Waals surface area contributed by atoms with Crippen LogP contribution in [-0.4, -0.2) is 103 Å². The van der Waals surface area contributed by atoms with Crippen molar-refractivity contribution in [2.75, 3.05) is 45.2 Å². The van der Waals surface area contributed by atoms with Gasteiger partial charge in [0.25, 0.3) is 5.91 Å². The van der Waals surface area contributed by atoms with Crippen LogP contribution in [0.25, 0.3) is 39.1 Å². The van der Waals surface area contributed by atoms with E-state index < -0.39 is 5.60 Å². The number of pyridine rings is 1. The van der Waals surface area contributed by atoms with Gasteiger partial charge in [-0.2, -0.15) is 10.2 Å². The van der Waals surface area contributed by atoms with Gasteiger partial charge >= 0.3 is 0 Å². The number of aryl methyl sites for hydroxylation is 1. The number of nitrogens with one attached hydrogen (secondary N) is 2. The number of likely N-dealkylation sites (tertiary alicyclic amines) is 1. The summed E-state index contributed by atoms with van der Waals surface area (Å²) in [6, 6.07) is 17.6. The molecule has 2 aromatic carbocycles. The molecule has 0 aliphatic carbocycles. The van der Waals surface area contributed by atoms with Crippen LogP contribution in [0.5, 0.6) is 5.88 Å². The van der Waals surface area contributed by atoms with Crippen LogP contribution >= 0.6 is 0 Å². The maximum atomic E-state index is 13.7. The molecule has 13 heteroatoms. The number of aromatic nitrogens is 6. The molecule has 2 aliphatic rings. The molecule has 2 N–H and O–H groups in total. The van der Waals surface area contributed by atoms with Crippen molar-refractivity contribution in [1.82, 2.24) is 39.7 Å². The number of hydrogen-bond donors (Lipinski definition) is 2. The van der Waals surface area contributed by atoms with E-state index in [1.807, 2.05) is 73.2 Å². The molecule has 7 rings (SSSR count). The number of carbonyl (C=O) groups is 2. The second-order valence-corrected chi connectivity index (χ2v) is 13.1. The van der Waals surface area contributed by atoms with Crippen LogP contribution in [0.4, 0.5) is 5.69 Å². The number of ether oxygens (including phenoxy) is 2. The third-order valence-electron chi connectivity index (χ3n) is 9.34. The summed E-state index contributed by atoms with van der Waals surface area (Å²) in [4.78, 5) is 39.7. The highest BCUT2D eigenvalue weighted by molar-refractivity contribution is 6.01. The van der Waals surface area contributed by atoms with Gasteiger partial charge in [-0.1, -0.05) is 30.3 Å². The first-order valence-electron chi connectivity index (χ1n) is 16.8. The van der Waals surface area contributed by atoms with Gasteiger partial charge in [-0.15, -0.1) is 0 Å². The Hall–Kier alpha value is -5.40. The number of H-pyrrole nitrogens is 1. The molecule has 1 unspecified atom stereocenters. The van der Waals surface area contributed by atoms with Gasteiger partial charge in [0, 0.05) is 74.8 Å². The van der Waals surface area contributed by atoms with Gasteiger partial charge < -0.3 is 19.7 Å². The number of carbonyl (C=O) groups excluding carboxylic acids is 2. The standard InChI is InChI=1S/C37H41N9O4/c1-24(2)50-32-12-9-28(20-38-32)34-30-19-29(10-11-31(30)41-42-34)40-36(48)37(49-4)15-18-45(22-37)21-33(47)46-16-13-26(14-17-46)25-5-7-27(8-6-25)35-39-23-44(3)43-35/h5-13,19-20,23-24H,14-18,21-22H2,1-4H3,(H,40,48)(H,41,42). The summed E-state index contributed by atoms with van der Waals surface area (Å²) < 4.78 is 13.2. The summed E-state index contributed by atoms with van der Waals surface area (Å²) in [6.07, 6.45) is 6.82. The predicted molar refractivity (Wildman–Crippen MR) is 190 cm³/mol. The minimum atomic E-state index is -1.07. The molecule has 0 bridgehead atoms. The molecule has 2 amide bonds. The Morgan fingerprint density at radius 3 is 2.50 bits per heavy atom. The molecule has 1 atom stereocenters. The molecular formula is C37H41N9O4. The summed E-state index contributed by atoms with van der Waals surface area (Å²) in [5, 5.41) is 15.8. The van der Waals surface area contributed by atoms with Crippen molar-refractivity contribution >= 4 is 34.0 Å². The maximum Gasteiger partial charge on any atom is 0.258 e. The fourth-order valence-corrected chi connectivity index (χ4v) is 6.58. The van der Waals surface area contributed by atoms with Crippen LogP contribution in [0.15, 0.2) is 73.2 Å². The molecule has 1 fully saturated rings. The molecule has 0 radical (unpaired) electrons. The Morgan fingerprint density at radius 2 is 1.82 bits per heavy atom. The zero-order valence-corrected chi connectivity index (χ0v) is 28.7. The molecule has 5 aromatic rings. The van der Waals surface area contributed by atoms with Crippen LogP contribution in [0, 0.1) is 0 Å². The lowest BCUT2D eigenvalue weighted by molar-refractivity contribution is -0.138. The first-order chi connectivity index (χ1) is 24.2. The van der Waals surface area contributed by atoms with Gasteiger partial charge in [0.2, 0.25) is 11.8 Å². The average molecular weight is 676 g/mol. The van der Waals surface area contributed by atoms with E-state index in [4.69, 9.17) is 9.47 Å². The van der Waals surface area contributed by atoms with Gasteiger partial charge in [-0.3, -0.25) is 24.3 Å². The topological polar surface area (TPSA) is 143 Å². The minimum absolute atomic E-state index is 0.0294. The van der Waals surface area contributed by atoms with Gasteiger partial charge in [0.15, 0.2) is 11.4 Å². The Kier molecular flexibility index (Phi) is 9.17. The van der Waals surface area contributed by atoms with Gasteiger partial charge in [0.1, 0.15) is 12.0 Å². The number of amides is 2. The summed E-state index contributed by atoms with van der Waals surface area (Å²) in [7, 11) is 3.40. The van der Waals surface area contributed by atoms with E-state index in [2.05, 4.69) is 48.8 Å². The summed E-state index contributed by atoms with van der Waals surface area (Å²) in [6.45, 7) is 6.23. The Balaban J connectivity index is 0.955. The normalized spacial score (nSPS) is 18.1. The van der Waals surface area contributed by atoms with E-state index in [-0.39, 0.29) is 24.5 Å². The van der Waals surface area contributed by atoms with Crippen molar-refractivity contribution < 1.29 is 19.1 Å².